The molecule has 0 aliphatic carbocycles. The molecule has 0 radical (unpaired) electrons. The minimum absolute atomic E-state index is 0.726. The number of ether oxygens (including phenoxy) is 1. The van der Waals surface area contributed by atoms with Gasteiger partial charge in [0.25, 0.3) is 0 Å². The van der Waals surface area contributed by atoms with Crippen LogP contribution in [-0.4, -0.2) is 14.2 Å². The first-order valence-corrected chi connectivity index (χ1v) is 5.44. The summed E-state index contributed by atoms with van der Waals surface area (Å²) >= 11 is 3.46. The molecule has 0 aliphatic rings. The maximum absolute atomic E-state index is 5.67. The largest absolute Gasteiger partial charge is 0.497 e. The minimum atomic E-state index is 0.726. The Morgan fingerprint density at radius 2 is 2.20 bits per heavy atom. The number of nitrogens with one attached hydrogen (secondary N) is 1. The van der Waals surface area contributed by atoms with Gasteiger partial charge in [-0.3, -0.25) is 0 Å². The molecule has 15 heavy (non-hydrogen) atoms. The predicted molar refractivity (Wildman–Crippen MR) is 63.2 cm³/mol. The molecule has 0 unspecified atom stereocenters. The van der Waals surface area contributed by atoms with Crippen molar-refractivity contribution in [3.8, 4) is 5.75 Å². The van der Waals surface area contributed by atoms with Crippen LogP contribution in [0.3, 0.4) is 0 Å². The highest BCUT2D eigenvalue weighted by molar-refractivity contribution is 9.10. The van der Waals surface area contributed by atoms with E-state index in [-0.39, 0.29) is 0 Å². The number of rotatable bonds is 3. The standard InChI is InChI=1S/C11H12BrNO2/c1-13-6-9-4-7-3-8(14-2)5-10(12)11(7)15-9/h3-5,13H,6H2,1-2H3. The number of halogens is 1. The van der Waals surface area contributed by atoms with Gasteiger partial charge in [-0.25, -0.2) is 0 Å². The lowest BCUT2D eigenvalue weighted by atomic mass is 10.2. The smallest absolute Gasteiger partial charge is 0.148 e. The first kappa shape index (κ1) is 10.5. The van der Waals surface area contributed by atoms with Gasteiger partial charge in [0.1, 0.15) is 17.1 Å². The number of hydrogen-bond acceptors (Lipinski definition) is 3. The van der Waals surface area contributed by atoms with Crippen molar-refractivity contribution in [1.82, 2.24) is 5.32 Å². The average Bonchev–Trinajstić information content (AvgIpc) is 2.61. The van der Waals surface area contributed by atoms with Crippen molar-refractivity contribution in [3.05, 3.63) is 28.4 Å². The first-order valence-electron chi connectivity index (χ1n) is 4.65. The van der Waals surface area contributed by atoms with E-state index in [0.717, 1.165) is 33.5 Å². The molecule has 1 aromatic carbocycles. The van der Waals surface area contributed by atoms with E-state index >= 15 is 0 Å². The summed E-state index contributed by atoms with van der Waals surface area (Å²) in [6, 6.07) is 5.87. The molecule has 1 aromatic heterocycles. The predicted octanol–water partition coefficient (Wildman–Crippen LogP) is 2.92. The Bertz CT molecular complexity index is 479. The van der Waals surface area contributed by atoms with Crippen molar-refractivity contribution in [1.29, 1.82) is 0 Å². The minimum Gasteiger partial charge on any atom is -0.497 e. The van der Waals surface area contributed by atoms with Gasteiger partial charge in [0.2, 0.25) is 0 Å². The zero-order chi connectivity index (χ0) is 10.8. The third kappa shape index (κ3) is 2.01. The van der Waals surface area contributed by atoms with Crippen LogP contribution in [0.1, 0.15) is 5.76 Å². The molecule has 0 atom stereocenters. The van der Waals surface area contributed by atoms with Gasteiger partial charge in [-0.15, -0.1) is 0 Å². The van der Waals surface area contributed by atoms with E-state index < -0.39 is 0 Å². The molecule has 80 valence electrons. The lowest BCUT2D eigenvalue weighted by Crippen LogP contribution is -2.03. The van der Waals surface area contributed by atoms with E-state index in [0.29, 0.717) is 0 Å². The summed E-state index contributed by atoms with van der Waals surface area (Å²) < 4.78 is 11.8. The summed E-state index contributed by atoms with van der Waals surface area (Å²) in [7, 11) is 3.55. The Kier molecular flexibility index (Phi) is 2.98. The van der Waals surface area contributed by atoms with Crippen LogP contribution in [0.25, 0.3) is 11.0 Å². The van der Waals surface area contributed by atoms with Gasteiger partial charge < -0.3 is 14.5 Å². The molecular formula is C11H12BrNO2. The monoisotopic (exact) mass is 269 g/mol. The molecule has 0 saturated carbocycles. The molecule has 0 amide bonds. The molecule has 0 spiro atoms. The fourth-order valence-corrected chi connectivity index (χ4v) is 2.05. The number of methoxy groups -OCH3 is 1. The van der Waals surface area contributed by atoms with Crippen LogP contribution in [-0.2, 0) is 6.54 Å². The van der Waals surface area contributed by atoms with Gasteiger partial charge in [-0.05, 0) is 41.2 Å². The Balaban J connectivity index is 2.54. The molecule has 1 N–H and O–H groups in total. The van der Waals surface area contributed by atoms with Gasteiger partial charge in [-0.2, -0.15) is 0 Å². The molecule has 3 nitrogen and oxygen atoms in total. The van der Waals surface area contributed by atoms with Gasteiger partial charge in [0.15, 0.2) is 0 Å². The molecule has 0 bridgehead atoms. The van der Waals surface area contributed by atoms with Crippen molar-refractivity contribution in [2.45, 2.75) is 6.54 Å². The maximum atomic E-state index is 5.67. The van der Waals surface area contributed by atoms with Crippen molar-refractivity contribution >= 4 is 26.9 Å². The fourth-order valence-electron chi connectivity index (χ4n) is 1.52. The lowest BCUT2D eigenvalue weighted by molar-refractivity contribution is 0.415. The van der Waals surface area contributed by atoms with Gasteiger partial charge >= 0.3 is 0 Å². The summed E-state index contributed by atoms with van der Waals surface area (Å²) in [4.78, 5) is 0. The number of furan rings is 1. The Morgan fingerprint density at radius 1 is 1.40 bits per heavy atom. The SMILES string of the molecule is CNCc1cc2cc(OC)cc(Br)c2o1. The van der Waals surface area contributed by atoms with Crippen molar-refractivity contribution < 1.29 is 9.15 Å². The Morgan fingerprint density at radius 3 is 2.87 bits per heavy atom. The first-order chi connectivity index (χ1) is 7.24. The van der Waals surface area contributed by atoms with Crippen LogP contribution in [0.4, 0.5) is 0 Å². The molecule has 2 rings (SSSR count). The second kappa shape index (κ2) is 4.24. The Hall–Kier alpha value is -1.00. The van der Waals surface area contributed by atoms with Crippen molar-refractivity contribution in [2.24, 2.45) is 0 Å². The lowest BCUT2D eigenvalue weighted by Gasteiger charge is -1.99. The number of hydrogen-bond donors (Lipinski definition) is 1. The zero-order valence-electron chi connectivity index (χ0n) is 8.63. The second-order valence-corrected chi connectivity index (χ2v) is 4.12. The van der Waals surface area contributed by atoms with Crippen LogP contribution in [0, 0.1) is 0 Å². The normalized spacial score (nSPS) is 10.9. The van der Waals surface area contributed by atoms with E-state index in [1.807, 2.05) is 25.2 Å². The average molecular weight is 270 g/mol. The summed E-state index contributed by atoms with van der Waals surface area (Å²) in [5, 5.41) is 4.10. The van der Waals surface area contributed by atoms with Crippen molar-refractivity contribution in [2.75, 3.05) is 14.2 Å². The van der Waals surface area contributed by atoms with E-state index in [9.17, 15) is 0 Å². The highest BCUT2D eigenvalue weighted by Gasteiger charge is 2.08. The summed E-state index contributed by atoms with van der Waals surface area (Å²) in [5.74, 6) is 1.74. The van der Waals surface area contributed by atoms with E-state index in [1.54, 1.807) is 7.11 Å². The van der Waals surface area contributed by atoms with E-state index in [2.05, 4.69) is 21.2 Å². The van der Waals surface area contributed by atoms with Gasteiger partial charge in [0.05, 0.1) is 18.1 Å². The van der Waals surface area contributed by atoms with E-state index in [4.69, 9.17) is 9.15 Å². The molecular weight excluding hydrogens is 258 g/mol. The molecule has 0 saturated heterocycles. The highest BCUT2D eigenvalue weighted by atomic mass is 79.9. The maximum Gasteiger partial charge on any atom is 0.148 e. The van der Waals surface area contributed by atoms with Crippen LogP contribution >= 0.6 is 15.9 Å². The second-order valence-electron chi connectivity index (χ2n) is 3.27. The number of benzene rings is 1. The molecule has 0 aliphatic heterocycles. The third-order valence-corrected chi connectivity index (χ3v) is 2.77. The summed E-state index contributed by atoms with van der Waals surface area (Å²) in [5.41, 5.74) is 0.862. The third-order valence-electron chi connectivity index (χ3n) is 2.18. The number of fused-ring (bicyclic) bond motifs is 1. The summed E-state index contributed by atoms with van der Waals surface area (Å²) in [6.07, 6.45) is 0. The van der Waals surface area contributed by atoms with Crippen LogP contribution in [0.5, 0.6) is 5.75 Å². The fraction of sp³-hybridized carbons (Fsp3) is 0.273. The highest BCUT2D eigenvalue weighted by Crippen LogP contribution is 2.31. The summed E-state index contributed by atoms with van der Waals surface area (Å²) in [6.45, 7) is 0.726. The molecule has 0 fully saturated rings. The zero-order valence-corrected chi connectivity index (χ0v) is 10.2. The van der Waals surface area contributed by atoms with Crippen LogP contribution in [0.15, 0.2) is 27.1 Å². The van der Waals surface area contributed by atoms with E-state index in [1.165, 1.54) is 0 Å². The van der Waals surface area contributed by atoms with Gasteiger partial charge in [-0.1, -0.05) is 0 Å². The van der Waals surface area contributed by atoms with Crippen LogP contribution in [0.2, 0.25) is 0 Å². The van der Waals surface area contributed by atoms with Crippen LogP contribution < -0.4 is 10.1 Å². The quantitative estimate of drug-likeness (QED) is 0.931. The van der Waals surface area contributed by atoms with Crippen molar-refractivity contribution in [3.63, 3.8) is 0 Å². The Labute approximate surface area is 96.5 Å². The topological polar surface area (TPSA) is 34.4 Å². The molecule has 2 aromatic rings. The molecule has 4 heteroatoms. The van der Waals surface area contributed by atoms with Gasteiger partial charge in [0, 0.05) is 5.39 Å². The molecule has 1 heterocycles.